The molecule has 1 atom stereocenters. The number of halogens is 1. The Bertz CT molecular complexity index is 361. The van der Waals surface area contributed by atoms with Crippen molar-refractivity contribution in [2.75, 3.05) is 39.5 Å². The van der Waals surface area contributed by atoms with Crippen LogP contribution in [0.15, 0.2) is 0 Å². The quantitative estimate of drug-likeness (QED) is 0.528. The van der Waals surface area contributed by atoms with Gasteiger partial charge in [0.25, 0.3) is 0 Å². The van der Waals surface area contributed by atoms with E-state index < -0.39 is 10.0 Å². The predicted molar refractivity (Wildman–Crippen MR) is 81.4 cm³/mol. The third-order valence-electron chi connectivity index (χ3n) is 2.74. The van der Waals surface area contributed by atoms with E-state index in [9.17, 15) is 13.2 Å². The third-order valence-corrected chi connectivity index (χ3v) is 4.12. The standard InChI is InChI=1S/C11H25N3O4S.ClH/c1-4-14(19(3,16)17)7-5-6-13-11(15)8-10(9-12)18-2;/h10H,4-9,12H2,1-3H3,(H,13,15);1H. The first-order chi connectivity index (χ1) is 8.85. The van der Waals surface area contributed by atoms with Gasteiger partial charge in [0.15, 0.2) is 0 Å². The molecular weight excluding hydrogens is 306 g/mol. The molecule has 0 saturated heterocycles. The molecule has 0 aromatic rings. The summed E-state index contributed by atoms with van der Waals surface area (Å²) < 4.78 is 29.0. The van der Waals surface area contributed by atoms with Crippen LogP contribution < -0.4 is 11.1 Å². The first kappa shape index (κ1) is 21.9. The first-order valence-corrected chi connectivity index (χ1v) is 8.14. The highest BCUT2D eigenvalue weighted by atomic mass is 35.5. The maximum absolute atomic E-state index is 11.5. The second-order valence-electron chi connectivity index (χ2n) is 4.26. The molecule has 0 saturated carbocycles. The van der Waals surface area contributed by atoms with Gasteiger partial charge in [0, 0.05) is 33.3 Å². The zero-order valence-corrected chi connectivity index (χ0v) is 13.9. The van der Waals surface area contributed by atoms with Gasteiger partial charge in [0.05, 0.1) is 18.8 Å². The highest BCUT2D eigenvalue weighted by Gasteiger charge is 2.14. The Balaban J connectivity index is 0. The van der Waals surface area contributed by atoms with Gasteiger partial charge in [-0.05, 0) is 6.42 Å². The number of sulfonamides is 1. The fourth-order valence-corrected chi connectivity index (χ4v) is 2.51. The van der Waals surface area contributed by atoms with Crippen molar-refractivity contribution in [1.29, 1.82) is 0 Å². The number of rotatable bonds is 10. The molecule has 0 aliphatic heterocycles. The summed E-state index contributed by atoms with van der Waals surface area (Å²) in [6.07, 6.45) is 1.70. The molecule has 0 aromatic heterocycles. The molecular formula is C11H26ClN3O4S. The second kappa shape index (κ2) is 11.3. The van der Waals surface area contributed by atoms with Crippen molar-refractivity contribution in [3.63, 3.8) is 0 Å². The van der Waals surface area contributed by atoms with Crippen molar-refractivity contribution < 1.29 is 17.9 Å². The summed E-state index contributed by atoms with van der Waals surface area (Å²) in [6, 6.07) is 0. The topological polar surface area (TPSA) is 102 Å². The molecule has 0 bridgehead atoms. The van der Waals surface area contributed by atoms with Crippen LogP contribution in [-0.4, -0.2) is 64.3 Å². The lowest BCUT2D eigenvalue weighted by Gasteiger charge is -2.18. The summed E-state index contributed by atoms with van der Waals surface area (Å²) in [6.45, 7) is 3.35. The van der Waals surface area contributed by atoms with Gasteiger partial charge in [0.1, 0.15) is 0 Å². The lowest BCUT2D eigenvalue weighted by atomic mass is 10.2. The Morgan fingerprint density at radius 1 is 1.45 bits per heavy atom. The molecule has 1 unspecified atom stereocenters. The molecule has 0 aromatic carbocycles. The number of nitrogens with zero attached hydrogens (tertiary/aromatic N) is 1. The van der Waals surface area contributed by atoms with Crippen LogP contribution in [0.1, 0.15) is 19.8 Å². The van der Waals surface area contributed by atoms with Crippen LogP contribution in [0.5, 0.6) is 0 Å². The van der Waals surface area contributed by atoms with Gasteiger partial charge in [-0.3, -0.25) is 4.79 Å². The summed E-state index contributed by atoms with van der Waals surface area (Å²) in [5, 5.41) is 2.72. The van der Waals surface area contributed by atoms with Gasteiger partial charge in [-0.2, -0.15) is 0 Å². The summed E-state index contributed by atoms with van der Waals surface area (Å²) in [4.78, 5) is 11.5. The largest absolute Gasteiger partial charge is 0.380 e. The number of methoxy groups -OCH3 is 1. The van der Waals surface area contributed by atoms with Crippen LogP contribution in [-0.2, 0) is 19.6 Å². The molecule has 0 fully saturated rings. The monoisotopic (exact) mass is 331 g/mol. The Hall–Kier alpha value is -0.410. The van der Waals surface area contributed by atoms with Crippen LogP contribution in [0.2, 0.25) is 0 Å². The molecule has 9 heteroatoms. The number of amides is 1. The number of carbonyl (C=O) groups is 1. The average molecular weight is 332 g/mol. The molecule has 0 rings (SSSR count). The van der Waals surface area contributed by atoms with Crippen molar-refractivity contribution >= 4 is 28.3 Å². The van der Waals surface area contributed by atoms with Crippen molar-refractivity contribution in [2.24, 2.45) is 5.73 Å². The minimum Gasteiger partial charge on any atom is -0.380 e. The SMILES string of the molecule is CCN(CCCNC(=O)CC(CN)OC)S(C)(=O)=O.Cl. The number of hydrogen-bond acceptors (Lipinski definition) is 5. The molecule has 0 spiro atoms. The molecule has 0 aliphatic carbocycles. The first-order valence-electron chi connectivity index (χ1n) is 6.29. The van der Waals surface area contributed by atoms with Crippen molar-refractivity contribution in [3.05, 3.63) is 0 Å². The minimum atomic E-state index is -3.16. The predicted octanol–water partition coefficient (Wildman–Crippen LogP) is -0.440. The van der Waals surface area contributed by atoms with Gasteiger partial charge in [0.2, 0.25) is 15.9 Å². The van der Waals surface area contributed by atoms with Crippen LogP contribution in [0.3, 0.4) is 0 Å². The molecule has 0 heterocycles. The van der Waals surface area contributed by atoms with E-state index in [1.54, 1.807) is 6.92 Å². The summed E-state index contributed by atoms with van der Waals surface area (Å²) in [5.41, 5.74) is 5.41. The number of nitrogens with one attached hydrogen (secondary N) is 1. The Labute approximate surface area is 127 Å². The molecule has 1 amide bonds. The number of nitrogens with two attached hydrogens (primary N) is 1. The highest BCUT2D eigenvalue weighted by molar-refractivity contribution is 7.88. The number of carbonyl (C=O) groups excluding carboxylic acids is 1. The summed E-state index contributed by atoms with van der Waals surface area (Å²) in [5.74, 6) is -0.139. The Kier molecular flexibility index (Phi) is 12.3. The molecule has 0 aliphatic rings. The van der Waals surface area contributed by atoms with Crippen LogP contribution in [0, 0.1) is 0 Å². The summed E-state index contributed by atoms with van der Waals surface area (Å²) in [7, 11) is -1.65. The lowest BCUT2D eigenvalue weighted by molar-refractivity contribution is -0.123. The maximum Gasteiger partial charge on any atom is 0.222 e. The zero-order valence-electron chi connectivity index (χ0n) is 12.3. The van der Waals surface area contributed by atoms with E-state index in [1.807, 2.05) is 0 Å². The maximum atomic E-state index is 11.5. The van der Waals surface area contributed by atoms with E-state index in [0.717, 1.165) is 0 Å². The van der Waals surface area contributed by atoms with E-state index in [-0.39, 0.29) is 30.8 Å². The molecule has 3 N–H and O–H groups in total. The fraction of sp³-hybridized carbons (Fsp3) is 0.909. The normalized spacial score (nSPS) is 12.8. The van der Waals surface area contributed by atoms with Crippen LogP contribution in [0.4, 0.5) is 0 Å². The van der Waals surface area contributed by atoms with E-state index in [4.69, 9.17) is 10.5 Å². The van der Waals surface area contributed by atoms with E-state index in [1.165, 1.54) is 17.7 Å². The Morgan fingerprint density at radius 3 is 2.45 bits per heavy atom. The average Bonchev–Trinajstić information content (AvgIpc) is 2.34. The van der Waals surface area contributed by atoms with Crippen molar-refractivity contribution in [1.82, 2.24) is 9.62 Å². The third kappa shape index (κ3) is 9.49. The minimum absolute atomic E-state index is 0. The smallest absolute Gasteiger partial charge is 0.222 e. The lowest BCUT2D eigenvalue weighted by Crippen LogP contribution is -2.35. The fourth-order valence-electron chi connectivity index (χ4n) is 1.58. The highest BCUT2D eigenvalue weighted by Crippen LogP contribution is 1.99. The van der Waals surface area contributed by atoms with E-state index in [0.29, 0.717) is 32.6 Å². The molecule has 20 heavy (non-hydrogen) atoms. The summed E-state index contributed by atoms with van der Waals surface area (Å²) >= 11 is 0. The van der Waals surface area contributed by atoms with Gasteiger partial charge in [-0.15, -0.1) is 12.4 Å². The molecule has 0 radical (unpaired) electrons. The Morgan fingerprint density at radius 2 is 2.05 bits per heavy atom. The second-order valence-corrected chi connectivity index (χ2v) is 6.24. The van der Waals surface area contributed by atoms with Gasteiger partial charge >= 0.3 is 0 Å². The van der Waals surface area contributed by atoms with Crippen molar-refractivity contribution in [2.45, 2.75) is 25.9 Å². The number of hydrogen-bond donors (Lipinski definition) is 2. The van der Waals surface area contributed by atoms with Crippen LogP contribution >= 0.6 is 12.4 Å². The zero-order chi connectivity index (χ0) is 14.9. The van der Waals surface area contributed by atoms with Gasteiger partial charge < -0.3 is 15.8 Å². The van der Waals surface area contributed by atoms with Crippen molar-refractivity contribution in [3.8, 4) is 0 Å². The van der Waals surface area contributed by atoms with E-state index in [2.05, 4.69) is 5.32 Å². The molecule has 122 valence electrons. The van der Waals surface area contributed by atoms with Crippen LogP contribution in [0.25, 0.3) is 0 Å². The van der Waals surface area contributed by atoms with E-state index >= 15 is 0 Å². The van der Waals surface area contributed by atoms with Gasteiger partial charge in [-0.25, -0.2) is 12.7 Å². The van der Waals surface area contributed by atoms with Gasteiger partial charge in [-0.1, -0.05) is 6.92 Å². The number of ether oxygens (including phenoxy) is 1. The molecule has 7 nitrogen and oxygen atoms in total.